The maximum absolute atomic E-state index is 12.2. The molecule has 3 aromatic carbocycles. The summed E-state index contributed by atoms with van der Waals surface area (Å²) < 4.78 is 12.5. The molecular weight excluding hydrogens is 550 g/mol. The number of nitro groups is 1. The van der Waals surface area contributed by atoms with E-state index in [1.54, 1.807) is 12.1 Å². The second kappa shape index (κ2) is 10.4. The number of para-hydroxylation sites is 2. The first-order chi connectivity index (χ1) is 15.3. The van der Waals surface area contributed by atoms with E-state index in [0.29, 0.717) is 10.2 Å². The normalized spacial score (nSPS) is 11.5. The van der Waals surface area contributed by atoms with Gasteiger partial charge >= 0.3 is 5.69 Å². The van der Waals surface area contributed by atoms with E-state index in [4.69, 9.17) is 9.47 Å². The molecule has 0 aliphatic carbocycles. The average molecular weight is 567 g/mol. The smallest absolute Gasteiger partial charge is 0.310 e. The molecule has 1 atom stereocenters. The zero-order valence-corrected chi connectivity index (χ0v) is 19.8. The molecule has 11 heteroatoms. The Balaban J connectivity index is 1.52. The van der Waals surface area contributed by atoms with Crippen LogP contribution in [0.15, 0.2) is 63.5 Å². The van der Waals surface area contributed by atoms with Crippen molar-refractivity contribution in [3.05, 3.63) is 73.7 Å². The highest BCUT2D eigenvalue weighted by atomic mass is 79.9. The standard InChI is InChI=1S/C21H17Br2N3O6/c1-12(32-17-5-3-2-4-16(17)26(29)30)21(28)25-24-19(27)11-31-18-9-6-13-10-14(22)7-8-15(13)20(18)23/h2-10,12H,11H2,1H3,(H,24,27)(H,25,28). The molecule has 0 radical (unpaired) electrons. The predicted octanol–water partition coefficient (Wildman–Crippen LogP) is 4.27. The summed E-state index contributed by atoms with van der Waals surface area (Å²) in [6.07, 6.45) is -1.09. The summed E-state index contributed by atoms with van der Waals surface area (Å²) in [6.45, 7) is 1.06. The highest BCUT2D eigenvalue weighted by Crippen LogP contribution is 2.34. The summed E-state index contributed by atoms with van der Waals surface area (Å²) in [5.41, 5.74) is 4.16. The minimum atomic E-state index is -1.09. The molecule has 0 saturated heterocycles. The Morgan fingerprint density at radius 3 is 2.56 bits per heavy atom. The molecule has 0 fully saturated rings. The molecule has 9 nitrogen and oxygen atoms in total. The van der Waals surface area contributed by atoms with Gasteiger partial charge in [0.2, 0.25) is 0 Å². The summed E-state index contributed by atoms with van der Waals surface area (Å²) in [5, 5.41) is 12.9. The molecule has 3 aromatic rings. The van der Waals surface area contributed by atoms with E-state index >= 15 is 0 Å². The lowest BCUT2D eigenvalue weighted by molar-refractivity contribution is -0.386. The second-order valence-corrected chi connectivity index (χ2v) is 8.26. The van der Waals surface area contributed by atoms with E-state index in [9.17, 15) is 19.7 Å². The van der Waals surface area contributed by atoms with Crippen molar-refractivity contribution in [3.8, 4) is 11.5 Å². The molecule has 2 amide bonds. The number of hydrazine groups is 1. The van der Waals surface area contributed by atoms with Crippen LogP contribution in [0.1, 0.15) is 6.92 Å². The van der Waals surface area contributed by atoms with Crippen LogP contribution in [0.25, 0.3) is 10.8 Å². The average Bonchev–Trinajstić information content (AvgIpc) is 2.77. The van der Waals surface area contributed by atoms with Gasteiger partial charge in [-0.05, 0) is 57.9 Å². The summed E-state index contributed by atoms with van der Waals surface area (Å²) >= 11 is 6.90. The molecular formula is C21H17Br2N3O6. The highest BCUT2D eigenvalue weighted by molar-refractivity contribution is 9.11. The molecule has 0 spiro atoms. The minimum Gasteiger partial charge on any atom is -0.483 e. The highest BCUT2D eigenvalue weighted by Gasteiger charge is 2.21. The Morgan fingerprint density at radius 1 is 1.06 bits per heavy atom. The molecule has 2 N–H and O–H groups in total. The predicted molar refractivity (Wildman–Crippen MR) is 124 cm³/mol. The number of ether oxygens (including phenoxy) is 2. The van der Waals surface area contributed by atoms with Gasteiger partial charge in [0.1, 0.15) is 5.75 Å². The zero-order valence-electron chi connectivity index (χ0n) is 16.6. The molecule has 0 aliphatic heterocycles. The van der Waals surface area contributed by atoms with Gasteiger partial charge in [-0.3, -0.25) is 30.6 Å². The van der Waals surface area contributed by atoms with E-state index in [2.05, 4.69) is 42.7 Å². The maximum Gasteiger partial charge on any atom is 0.310 e. The van der Waals surface area contributed by atoms with Gasteiger partial charge in [-0.2, -0.15) is 0 Å². The number of nitrogens with one attached hydrogen (secondary N) is 2. The van der Waals surface area contributed by atoms with Gasteiger partial charge in [0.05, 0.1) is 9.40 Å². The van der Waals surface area contributed by atoms with Crippen molar-refractivity contribution in [1.82, 2.24) is 10.9 Å². The Labute approximate surface area is 199 Å². The summed E-state index contributed by atoms with van der Waals surface area (Å²) in [7, 11) is 0. The van der Waals surface area contributed by atoms with Crippen LogP contribution >= 0.6 is 31.9 Å². The number of carbonyl (C=O) groups is 2. The largest absolute Gasteiger partial charge is 0.483 e. The van der Waals surface area contributed by atoms with Gasteiger partial charge in [-0.25, -0.2) is 0 Å². The molecule has 0 bridgehead atoms. The minimum absolute atomic E-state index is 0.0528. The molecule has 166 valence electrons. The van der Waals surface area contributed by atoms with Crippen LogP contribution in [-0.2, 0) is 9.59 Å². The van der Waals surface area contributed by atoms with E-state index in [0.717, 1.165) is 15.2 Å². The van der Waals surface area contributed by atoms with Crippen LogP contribution in [0.4, 0.5) is 5.69 Å². The van der Waals surface area contributed by atoms with E-state index in [-0.39, 0.29) is 18.0 Å². The number of fused-ring (bicyclic) bond motifs is 1. The molecule has 3 rings (SSSR count). The fourth-order valence-corrected chi connectivity index (χ4v) is 3.70. The number of rotatable bonds is 7. The Hall–Kier alpha value is -3.18. The van der Waals surface area contributed by atoms with Crippen molar-refractivity contribution >= 4 is 60.1 Å². The SMILES string of the molecule is CC(Oc1ccccc1[N+](=O)[O-])C(=O)NNC(=O)COc1ccc2cc(Br)ccc2c1Br. The first-order valence-electron chi connectivity index (χ1n) is 9.25. The fraction of sp³-hybridized carbons (Fsp3) is 0.143. The van der Waals surface area contributed by atoms with Crippen LogP contribution in [0.3, 0.4) is 0 Å². The van der Waals surface area contributed by atoms with Crippen LogP contribution in [0.2, 0.25) is 0 Å². The first-order valence-corrected chi connectivity index (χ1v) is 10.8. The number of carbonyl (C=O) groups excluding carboxylic acids is 2. The van der Waals surface area contributed by atoms with Gasteiger partial charge in [0, 0.05) is 10.5 Å². The maximum atomic E-state index is 12.2. The van der Waals surface area contributed by atoms with E-state index < -0.39 is 22.8 Å². The first kappa shape index (κ1) is 23.5. The van der Waals surface area contributed by atoms with Crippen molar-refractivity contribution in [3.63, 3.8) is 0 Å². The van der Waals surface area contributed by atoms with Crippen molar-refractivity contribution in [2.24, 2.45) is 0 Å². The van der Waals surface area contributed by atoms with Gasteiger partial charge in [-0.1, -0.05) is 40.2 Å². The van der Waals surface area contributed by atoms with Gasteiger partial charge in [-0.15, -0.1) is 0 Å². The topological polar surface area (TPSA) is 120 Å². The van der Waals surface area contributed by atoms with Gasteiger partial charge < -0.3 is 9.47 Å². The van der Waals surface area contributed by atoms with Crippen LogP contribution < -0.4 is 20.3 Å². The third-order valence-corrected chi connectivity index (χ3v) is 5.61. The number of benzene rings is 3. The number of hydrogen-bond donors (Lipinski definition) is 2. The molecule has 1 unspecified atom stereocenters. The zero-order chi connectivity index (χ0) is 23.3. The number of nitro benzene ring substituents is 1. The lowest BCUT2D eigenvalue weighted by atomic mass is 10.1. The molecule has 0 saturated carbocycles. The fourth-order valence-electron chi connectivity index (χ4n) is 2.72. The van der Waals surface area contributed by atoms with Gasteiger partial charge in [0.25, 0.3) is 11.8 Å². The number of halogens is 2. The summed E-state index contributed by atoms with van der Waals surface area (Å²) in [4.78, 5) is 34.7. The Kier molecular flexibility index (Phi) is 7.65. The lowest BCUT2D eigenvalue weighted by Gasteiger charge is -2.15. The van der Waals surface area contributed by atoms with E-state index in [1.807, 2.05) is 24.3 Å². The number of amides is 2. The Bertz CT molecular complexity index is 1190. The summed E-state index contributed by atoms with van der Waals surface area (Å²) in [5.74, 6) is -0.870. The van der Waals surface area contributed by atoms with Crippen LogP contribution in [0, 0.1) is 10.1 Å². The van der Waals surface area contributed by atoms with Gasteiger partial charge in [0.15, 0.2) is 18.5 Å². The second-order valence-electron chi connectivity index (χ2n) is 6.55. The van der Waals surface area contributed by atoms with Crippen LogP contribution in [-0.4, -0.2) is 29.4 Å². The molecule has 0 heterocycles. The van der Waals surface area contributed by atoms with Crippen molar-refractivity contribution < 1.29 is 24.0 Å². The van der Waals surface area contributed by atoms with Crippen molar-refractivity contribution in [2.45, 2.75) is 13.0 Å². The lowest BCUT2D eigenvalue weighted by Crippen LogP contribution is -2.48. The Morgan fingerprint density at radius 2 is 1.81 bits per heavy atom. The monoisotopic (exact) mass is 565 g/mol. The van der Waals surface area contributed by atoms with Crippen LogP contribution in [0.5, 0.6) is 11.5 Å². The number of nitrogens with zero attached hydrogens (tertiary/aromatic N) is 1. The van der Waals surface area contributed by atoms with Crippen molar-refractivity contribution in [2.75, 3.05) is 6.61 Å². The molecule has 0 aromatic heterocycles. The quantitative estimate of drug-likeness (QED) is 0.325. The third-order valence-electron chi connectivity index (χ3n) is 4.30. The summed E-state index contributed by atoms with van der Waals surface area (Å²) in [6, 6.07) is 15.0. The molecule has 32 heavy (non-hydrogen) atoms. The number of hydrogen-bond acceptors (Lipinski definition) is 6. The molecule has 0 aliphatic rings. The van der Waals surface area contributed by atoms with Crippen molar-refractivity contribution in [1.29, 1.82) is 0 Å². The third kappa shape index (κ3) is 5.74. The van der Waals surface area contributed by atoms with E-state index in [1.165, 1.54) is 25.1 Å².